The smallest absolute Gasteiger partial charge is 0.139 e. The maximum absolute atomic E-state index is 12.4. The zero-order chi connectivity index (χ0) is 15.7. The van der Waals surface area contributed by atoms with Crippen molar-refractivity contribution in [3.63, 3.8) is 0 Å². The average molecular weight is 304 g/mol. The van der Waals surface area contributed by atoms with Crippen LogP contribution in [0.15, 0.2) is 11.6 Å². The quantitative estimate of drug-likeness (QED) is 0.677. The molecule has 1 unspecified atom stereocenters. The number of aliphatic hydroxyl groups excluding tert-OH is 2. The molecule has 122 valence electrons. The van der Waals surface area contributed by atoms with Gasteiger partial charge in [-0.1, -0.05) is 25.5 Å². The van der Waals surface area contributed by atoms with Crippen LogP contribution in [0.25, 0.3) is 0 Å². The molecular formula is C19H28O3. The summed E-state index contributed by atoms with van der Waals surface area (Å²) in [6.45, 7) is 4.48. The Morgan fingerprint density at radius 2 is 1.73 bits per heavy atom. The van der Waals surface area contributed by atoms with Crippen molar-refractivity contribution in [3.8, 4) is 0 Å². The predicted molar refractivity (Wildman–Crippen MR) is 84.1 cm³/mol. The van der Waals surface area contributed by atoms with E-state index >= 15 is 0 Å². The van der Waals surface area contributed by atoms with Crippen LogP contribution in [0, 0.1) is 28.6 Å². The second-order valence-corrected chi connectivity index (χ2v) is 8.70. The summed E-state index contributed by atoms with van der Waals surface area (Å²) in [6.07, 6.45) is 7.65. The number of hydrogen-bond acceptors (Lipinski definition) is 3. The molecule has 3 nitrogen and oxygen atoms in total. The summed E-state index contributed by atoms with van der Waals surface area (Å²) in [5.74, 6) is 1.46. The minimum absolute atomic E-state index is 0.121. The van der Waals surface area contributed by atoms with E-state index in [2.05, 4.69) is 13.8 Å². The molecule has 22 heavy (non-hydrogen) atoms. The van der Waals surface area contributed by atoms with Crippen LogP contribution >= 0.6 is 0 Å². The van der Waals surface area contributed by atoms with Gasteiger partial charge in [0.1, 0.15) is 5.78 Å². The molecule has 2 N–H and O–H groups in total. The Labute approximate surface area is 132 Å². The number of carbonyl (C=O) groups is 1. The number of rotatable bonds is 0. The first-order valence-corrected chi connectivity index (χ1v) is 8.97. The number of carbonyl (C=O) groups excluding carboxylic acids is 1. The van der Waals surface area contributed by atoms with Crippen LogP contribution in [0.3, 0.4) is 0 Å². The van der Waals surface area contributed by atoms with Gasteiger partial charge in [0.25, 0.3) is 0 Å². The molecular weight excluding hydrogens is 276 g/mol. The molecule has 4 rings (SSSR count). The van der Waals surface area contributed by atoms with Gasteiger partial charge < -0.3 is 10.2 Å². The Bertz CT molecular complexity index is 539. The Morgan fingerprint density at radius 1 is 1.05 bits per heavy atom. The number of ketones is 1. The highest BCUT2D eigenvalue weighted by molar-refractivity contribution is 5.87. The van der Waals surface area contributed by atoms with Gasteiger partial charge in [-0.05, 0) is 61.7 Å². The molecule has 0 aromatic carbocycles. The summed E-state index contributed by atoms with van der Waals surface area (Å²) in [4.78, 5) is 12.4. The van der Waals surface area contributed by atoms with Crippen LogP contribution in [0.5, 0.6) is 0 Å². The van der Waals surface area contributed by atoms with Gasteiger partial charge >= 0.3 is 0 Å². The zero-order valence-electron chi connectivity index (χ0n) is 13.7. The van der Waals surface area contributed by atoms with E-state index in [9.17, 15) is 15.0 Å². The zero-order valence-corrected chi connectivity index (χ0v) is 13.7. The molecule has 3 heteroatoms. The maximum atomic E-state index is 12.4. The van der Waals surface area contributed by atoms with E-state index < -0.39 is 6.10 Å². The van der Waals surface area contributed by atoms with Crippen molar-refractivity contribution in [2.45, 2.75) is 71.0 Å². The Balaban J connectivity index is 1.75. The SMILES string of the molecule is C[C@]12CC[C@H](O)CC1=CC(O)[C@@H]1[C@@H]2CC[C@]2(C)C(=O)CC[C@@H]12. The standard InChI is InChI=1S/C19H28O3/c1-18-7-5-12(20)9-11(18)10-15(21)17-13-3-4-16(22)19(13,2)8-6-14(17)18/h10,12-15,17,20-21H,3-9H2,1-2H3/t12-,13-,14-,15?,17-,18-,19-/m0/s1. The summed E-state index contributed by atoms with van der Waals surface area (Å²) in [6, 6.07) is 0. The van der Waals surface area contributed by atoms with Crippen LogP contribution in [0.2, 0.25) is 0 Å². The average Bonchev–Trinajstić information content (AvgIpc) is 2.77. The third-order valence-electron chi connectivity index (χ3n) is 7.81. The van der Waals surface area contributed by atoms with Gasteiger partial charge in [-0.3, -0.25) is 4.79 Å². The molecule has 4 aliphatic rings. The molecule has 0 aromatic heterocycles. The lowest BCUT2D eigenvalue weighted by atomic mass is 9.47. The highest BCUT2D eigenvalue weighted by Crippen LogP contribution is 2.63. The van der Waals surface area contributed by atoms with E-state index in [1.165, 1.54) is 5.57 Å². The largest absolute Gasteiger partial charge is 0.393 e. The van der Waals surface area contributed by atoms with E-state index in [-0.39, 0.29) is 22.9 Å². The van der Waals surface area contributed by atoms with Crippen molar-refractivity contribution < 1.29 is 15.0 Å². The molecule has 0 amide bonds. The highest BCUT2D eigenvalue weighted by Gasteiger charge is 2.60. The number of aliphatic hydroxyl groups is 2. The molecule has 0 aliphatic heterocycles. The van der Waals surface area contributed by atoms with Gasteiger partial charge in [0, 0.05) is 11.8 Å². The third kappa shape index (κ3) is 1.78. The fourth-order valence-corrected chi connectivity index (χ4v) is 6.40. The summed E-state index contributed by atoms with van der Waals surface area (Å²) < 4.78 is 0. The maximum Gasteiger partial charge on any atom is 0.139 e. The van der Waals surface area contributed by atoms with Crippen LogP contribution in [-0.2, 0) is 4.79 Å². The van der Waals surface area contributed by atoms with Crippen LogP contribution in [0.4, 0.5) is 0 Å². The van der Waals surface area contributed by atoms with Crippen molar-refractivity contribution in [1.82, 2.24) is 0 Å². The second-order valence-electron chi connectivity index (χ2n) is 8.70. The lowest BCUT2D eigenvalue weighted by molar-refractivity contribution is -0.135. The molecule has 0 saturated heterocycles. The Morgan fingerprint density at radius 3 is 2.50 bits per heavy atom. The number of Topliss-reactive ketones (excluding diaryl/α,β-unsaturated/α-hetero) is 1. The molecule has 0 heterocycles. The molecule has 0 radical (unpaired) electrons. The monoisotopic (exact) mass is 304 g/mol. The minimum Gasteiger partial charge on any atom is -0.393 e. The van der Waals surface area contributed by atoms with Crippen molar-refractivity contribution in [3.05, 3.63) is 11.6 Å². The van der Waals surface area contributed by atoms with E-state index in [1.54, 1.807) is 0 Å². The second kappa shape index (κ2) is 4.67. The first-order valence-electron chi connectivity index (χ1n) is 8.97. The van der Waals surface area contributed by atoms with Crippen molar-refractivity contribution in [2.24, 2.45) is 28.6 Å². The summed E-state index contributed by atoms with van der Waals surface area (Å²) in [5, 5.41) is 20.8. The number of fused-ring (bicyclic) bond motifs is 5. The molecule has 3 saturated carbocycles. The van der Waals surface area contributed by atoms with Gasteiger partial charge in [-0.25, -0.2) is 0 Å². The Kier molecular flexibility index (Phi) is 3.16. The van der Waals surface area contributed by atoms with Gasteiger partial charge in [-0.15, -0.1) is 0 Å². The van der Waals surface area contributed by atoms with Crippen molar-refractivity contribution in [2.75, 3.05) is 0 Å². The van der Waals surface area contributed by atoms with Crippen LogP contribution in [0.1, 0.15) is 58.8 Å². The van der Waals surface area contributed by atoms with E-state index in [0.29, 0.717) is 24.0 Å². The normalized spacial score (nSPS) is 54.3. The van der Waals surface area contributed by atoms with Crippen molar-refractivity contribution in [1.29, 1.82) is 0 Å². The lowest BCUT2D eigenvalue weighted by Gasteiger charge is -2.58. The molecule has 7 atom stereocenters. The minimum atomic E-state index is -0.436. The Hall–Kier alpha value is -0.670. The topological polar surface area (TPSA) is 57.5 Å². The first kappa shape index (κ1) is 14.9. The summed E-state index contributed by atoms with van der Waals surface area (Å²) >= 11 is 0. The van der Waals surface area contributed by atoms with Gasteiger partial charge in [0.2, 0.25) is 0 Å². The first-order chi connectivity index (χ1) is 10.4. The van der Waals surface area contributed by atoms with Crippen molar-refractivity contribution >= 4 is 5.78 Å². The van der Waals surface area contributed by atoms with Crippen LogP contribution < -0.4 is 0 Å². The molecule has 0 aromatic rings. The number of hydrogen-bond donors (Lipinski definition) is 2. The highest BCUT2D eigenvalue weighted by atomic mass is 16.3. The van der Waals surface area contributed by atoms with Crippen LogP contribution in [-0.4, -0.2) is 28.2 Å². The molecule has 0 spiro atoms. The third-order valence-corrected chi connectivity index (χ3v) is 7.81. The van der Waals surface area contributed by atoms with Gasteiger partial charge in [0.05, 0.1) is 12.2 Å². The molecule has 4 aliphatic carbocycles. The van der Waals surface area contributed by atoms with Gasteiger partial charge in [-0.2, -0.15) is 0 Å². The lowest BCUT2D eigenvalue weighted by Crippen LogP contribution is -2.54. The van der Waals surface area contributed by atoms with E-state index in [4.69, 9.17) is 0 Å². The van der Waals surface area contributed by atoms with Gasteiger partial charge in [0.15, 0.2) is 0 Å². The fraction of sp³-hybridized carbons (Fsp3) is 0.842. The molecule has 0 bridgehead atoms. The molecule has 3 fully saturated rings. The summed E-state index contributed by atoms with van der Waals surface area (Å²) in [5.41, 5.74) is 1.20. The summed E-state index contributed by atoms with van der Waals surface area (Å²) in [7, 11) is 0. The fourth-order valence-electron chi connectivity index (χ4n) is 6.40. The predicted octanol–water partition coefficient (Wildman–Crippen LogP) is 2.85. The van der Waals surface area contributed by atoms with E-state index in [0.717, 1.165) is 38.5 Å². The van der Waals surface area contributed by atoms with E-state index in [1.807, 2.05) is 6.08 Å².